The number of hydrogen-bond acceptors (Lipinski definition) is 3. The Hall–Kier alpha value is -1.06. The summed E-state index contributed by atoms with van der Waals surface area (Å²) in [5.74, 6) is 2.06. The van der Waals surface area contributed by atoms with Crippen LogP contribution in [0.25, 0.3) is 0 Å². The van der Waals surface area contributed by atoms with Gasteiger partial charge in [-0.15, -0.1) is 0 Å². The van der Waals surface area contributed by atoms with Crippen LogP contribution < -0.4 is 10.2 Å². The molecule has 0 bridgehead atoms. The minimum absolute atomic E-state index is 0.694. The van der Waals surface area contributed by atoms with E-state index in [0.29, 0.717) is 6.54 Å². The van der Waals surface area contributed by atoms with Crippen molar-refractivity contribution in [2.45, 2.75) is 13.3 Å². The van der Waals surface area contributed by atoms with Gasteiger partial charge < -0.3 is 9.94 Å². The summed E-state index contributed by atoms with van der Waals surface area (Å²) in [7, 11) is 0. The second-order valence-electron chi connectivity index (χ2n) is 2.46. The normalized spacial score (nSPS) is 10.5. The first-order chi connectivity index (χ1) is 5.88. The minimum atomic E-state index is 0.694. The van der Waals surface area contributed by atoms with Gasteiger partial charge in [0, 0.05) is 6.54 Å². The molecule has 2 rings (SSSR count). The SMILES string of the molecule is CCCNO.c1ccc2c(c1)O2. The van der Waals surface area contributed by atoms with Crippen molar-refractivity contribution in [1.82, 2.24) is 5.48 Å². The van der Waals surface area contributed by atoms with Crippen molar-refractivity contribution in [2.75, 3.05) is 6.54 Å². The maximum absolute atomic E-state index is 7.82. The molecule has 1 aliphatic heterocycles. The van der Waals surface area contributed by atoms with Gasteiger partial charge in [0.05, 0.1) is 0 Å². The Balaban J connectivity index is 0.000000130. The van der Waals surface area contributed by atoms with Gasteiger partial charge in [0.1, 0.15) is 0 Å². The smallest absolute Gasteiger partial charge is 0.170 e. The molecule has 2 N–H and O–H groups in total. The summed E-state index contributed by atoms with van der Waals surface area (Å²) in [5.41, 5.74) is 2.02. The summed E-state index contributed by atoms with van der Waals surface area (Å²) in [6, 6.07) is 7.84. The molecular weight excluding hydrogens is 154 g/mol. The van der Waals surface area contributed by atoms with E-state index in [1.165, 1.54) is 0 Å². The van der Waals surface area contributed by atoms with E-state index in [-0.39, 0.29) is 0 Å². The van der Waals surface area contributed by atoms with Crippen LogP contribution in [0.5, 0.6) is 11.5 Å². The molecule has 0 fully saturated rings. The zero-order valence-corrected chi connectivity index (χ0v) is 7.08. The second kappa shape index (κ2) is 4.74. The van der Waals surface area contributed by atoms with Crippen molar-refractivity contribution >= 4 is 0 Å². The standard InChI is InChI=1S/C6H4O.C3H9NO/c1-2-4-6-5(3-1)7-6;1-2-3-4-5/h1-4H;4-5H,2-3H2,1H3. The quantitative estimate of drug-likeness (QED) is 0.532. The molecule has 1 aliphatic rings. The highest BCUT2D eigenvalue weighted by atomic mass is 16.6. The molecule has 0 saturated carbocycles. The van der Waals surface area contributed by atoms with Crippen LogP contribution in [0.4, 0.5) is 0 Å². The Morgan fingerprint density at radius 2 is 1.92 bits per heavy atom. The largest absolute Gasteiger partial charge is 0.450 e. The third-order valence-corrected chi connectivity index (χ3v) is 1.39. The third-order valence-electron chi connectivity index (χ3n) is 1.39. The van der Waals surface area contributed by atoms with Crippen molar-refractivity contribution in [2.24, 2.45) is 0 Å². The van der Waals surface area contributed by atoms with Crippen LogP contribution in [0.1, 0.15) is 13.3 Å². The van der Waals surface area contributed by atoms with Crippen LogP contribution in [0.3, 0.4) is 0 Å². The van der Waals surface area contributed by atoms with E-state index < -0.39 is 0 Å². The lowest BCUT2D eigenvalue weighted by Crippen LogP contribution is -2.06. The Morgan fingerprint density at radius 1 is 1.33 bits per heavy atom. The van der Waals surface area contributed by atoms with E-state index in [9.17, 15) is 0 Å². The second-order valence-corrected chi connectivity index (χ2v) is 2.46. The number of nitrogens with one attached hydrogen (secondary N) is 1. The van der Waals surface area contributed by atoms with Crippen LogP contribution in [0.15, 0.2) is 24.3 Å². The van der Waals surface area contributed by atoms with Crippen molar-refractivity contribution in [1.29, 1.82) is 0 Å². The first-order valence-corrected chi connectivity index (χ1v) is 4.02. The molecule has 0 unspecified atom stereocenters. The average molecular weight is 167 g/mol. The van der Waals surface area contributed by atoms with Crippen molar-refractivity contribution in [3.05, 3.63) is 24.3 Å². The van der Waals surface area contributed by atoms with Gasteiger partial charge in [-0.05, 0) is 18.6 Å². The van der Waals surface area contributed by atoms with Crippen LogP contribution in [0, 0.1) is 0 Å². The minimum Gasteiger partial charge on any atom is -0.450 e. The maximum atomic E-state index is 7.82. The fraction of sp³-hybridized carbons (Fsp3) is 0.333. The average Bonchev–Trinajstić information content (AvgIpc) is 2.85. The number of hydroxylamine groups is 1. The van der Waals surface area contributed by atoms with Crippen molar-refractivity contribution in [3.63, 3.8) is 0 Å². The molecular formula is C9H13NO2. The number of fused-ring (bicyclic) bond motifs is 1. The fourth-order valence-corrected chi connectivity index (χ4v) is 0.723. The summed E-state index contributed by atoms with van der Waals surface area (Å²) in [6.45, 7) is 2.68. The highest BCUT2D eigenvalue weighted by Gasteiger charge is 2.15. The van der Waals surface area contributed by atoms with Crippen LogP contribution >= 0.6 is 0 Å². The summed E-state index contributed by atoms with van der Waals surface area (Å²) in [4.78, 5) is 0. The Kier molecular flexibility index (Phi) is 3.57. The summed E-state index contributed by atoms with van der Waals surface area (Å²) >= 11 is 0. The van der Waals surface area contributed by atoms with Gasteiger partial charge in [-0.2, -0.15) is 0 Å². The molecule has 1 heterocycles. The van der Waals surface area contributed by atoms with Gasteiger partial charge in [0.2, 0.25) is 0 Å². The van der Waals surface area contributed by atoms with E-state index in [4.69, 9.17) is 9.94 Å². The molecule has 0 saturated heterocycles. The van der Waals surface area contributed by atoms with E-state index in [0.717, 1.165) is 17.9 Å². The van der Waals surface area contributed by atoms with Crippen molar-refractivity contribution in [3.8, 4) is 11.5 Å². The predicted molar refractivity (Wildman–Crippen MR) is 46.6 cm³/mol. The monoisotopic (exact) mass is 167 g/mol. The Labute approximate surface area is 71.9 Å². The molecule has 1 aromatic carbocycles. The number of benzene rings is 1. The maximum Gasteiger partial charge on any atom is 0.170 e. The lowest BCUT2D eigenvalue weighted by atomic mass is 10.4. The number of para-hydroxylation sites is 2. The van der Waals surface area contributed by atoms with E-state index >= 15 is 0 Å². The Morgan fingerprint density at radius 3 is 2.17 bits per heavy atom. The molecule has 3 nitrogen and oxygen atoms in total. The van der Waals surface area contributed by atoms with Crippen molar-refractivity contribution < 1.29 is 9.94 Å². The lowest BCUT2D eigenvalue weighted by Gasteiger charge is -1.83. The topological polar surface area (TPSA) is 44.8 Å². The third kappa shape index (κ3) is 2.90. The lowest BCUT2D eigenvalue weighted by molar-refractivity contribution is 0.167. The predicted octanol–water partition coefficient (Wildman–Crippen LogP) is 2.17. The number of ether oxygens (including phenoxy) is 1. The molecule has 12 heavy (non-hydrogen) atoms. The molecule has 0 amide bonds. The molecule has 0 radical (unpaired) electrons. The first-order valence-electron chi connectivity index (χ1n) is 4.02. The van der Waals surface area contributed by atoms with Gasteiger partial charge in [-0.1, -0.05) is 19.1 Å². The van der Waals surface area contributed by atoms with Crippen LogP contribution in [-0.2, 0) is 0 Å². The zero-order chi connectivity index (χ0) is 8.81. The van der Waals surface area contributed by atoms with Crippen LogP contribution in [-0.4, -0.2) is 11.8 Å². The summed E-state index contributed by atoms with van der Waals surface area (Å²) < 4.78 is 4.94. The first kappa shape index (κ1) is 9.03. The van der Waals surface area contributed by atoms with Crippen LogP contribution in [0.2, 0.25) is 0 Å². The number of rotatable bonds is 2. The van der Waals surface area contributed by atoms with Gasteiger partial charge in [0.25, 0.3) is 0 Å². The van der Waals surface area contributed by atoms with Gasteiger partial charge in [0.15, 0.2) is 11.5 Å². The zero-order valence-electron chi connectivity index (χ0n) is 7.08. The van der Waals surface area contributed by atoms with Gasteiger partial charge >= 0.3 is 0 Å². The molecule has 0 aliphatic carbocycles. The molecule has 66 valence electrons. The van der Waals surface area contributed by atoms with E-state index in [1.807, 2.05) is 36.7 Å². The van der Waals surface area contributed by atoms with E-state index in [2.05, 4.69) is 0 Å². The molecule has 3 heteroatoms. The summed E-state index contributed by atoms with van der Waals surface area (Å²) in [6.07, 6.45) is 0.983. The molecule has 0 atom stereocenters. The highest BCUT2D eigenvalue weighted by molar-refractivity contribution is 5.53. The highest BCUT2D eigenvalue weighted by Crippen LogP contribution is 2.43. The summed E-state index contributed by atoms with van der Waals surface area (Å²) in [5, 5.41) is 7.82. The van der Waals surface area contributed by atoms with E-state index in [1.54, 1.807) is 0 Å². The molecule has 0 aromatic heterocycles. The number of hydrogen-bond donors (Lipinski definition) is 2. The fourth-order valence-electron chi connectivity index (χ4n) is 0.723. The Bertz CT molecular complexity index is 215. The molecule has 0 spiro atoms. The van der Waals surface area contributed by atoms with Gasteiger partial charge in [-0.25, -0.2) is 5.48 Å². The molecule has 1 aromatic rings. The van der Waals surface area contributed by atoms with Gasteiger partial charge in [-0.3, -0.25) is 0 Å².